The Hall–Kier alpha value is -2.82. The molecule has 0 saturated heterocycles. The number of aryl methyl sites for hydroxylation is 1. The molecule has 0 unspecified atom stereocenters. The minimum absolute atomic E-state index is 0.139. The highest BCUT2D eigenvalue weighted by Crippen LogP contribution is 2.26. The lowest BCUT2D eigenvalue weighted by molar-refractivity contribution is 0.0951. The molecule has 2 N–H and O–H groups in total. The van der Waals surface area contributed by atoms with Gasteiger partial charge in [0.2, 0.25) is 0 Å². The maximum absolute atomic E-state index is 12.5. The van der Waals surface area contributed by atoms with Crippen LogP contribution in [0.1, 0.15) is 39.1 Å². The largest absolute Gasteiger partial charge is 0.495 e. The fourth-order valence-corrected chi connectivity index (χ4v) is 2.41. The monoisotopic (exact) mass is 324 g/mol. The van der Waals surface area contributed by atoms with Gasteiger partial charge in [-0.1, -0.05) is 12.1 Å². The van der Waals surface area contributed by atoms with Crippen LogP contribution in [-0.4, -0.2) is 25.0 Å². The molecule has 24 heavy (non-hydrogen) atoms. The average molecular weight is 324 g/mol. The van der Waals surface area contributed by atoms with Gasteiger partial charge in [0.15, 0.2) is 0 Å². The number of methoxy groups -OCH3 is 1. The standard InChI is InChI=1S/C19H20N2O3/c1-12-6-9-17(24-2)16(10-12)21-19(23)14-5-3-4-13(11-14)18(22)20-15-7-8-15/h3-6,9-11,15H,7-8H2,1-2H3,(H,20,22)(H,21,23). The van der Waals surface area contributed by atoms with Crippen LogP contribution in [0.4, 0.5) is 5.69 Å². The molecule has 3 rings (SSSR count). The molecule has 1 fully saturated rings. The predicted molar refractivity (Wildman–Crippen MR) is 92.6 cm³/mol. The molecule has 5 nitrogen and oxygen atoms in total. The van der Waals surface area contributed by atoms with Crippen LogP contribution in [0, 0.1) is 6.92 Å². The number of carbonyl (C=O) groups is 2. The molecule has 0 aliphatic heterocycles. The zero-order chi connectivity index (χ0) is 17.1. The lowest BCUT2D eigenvalue weighted by atomic mass is 10.1. The quantitative estimate of drug-likeness (QED) is 0.888. The first-order valence-electron chi connectivity index (χ1n) is 7.94. The van der Waals surface area contributed by atoms with Crippen molar-refractivity contribution in [1.29, 1.82) is 0 Å². The van der Waals surface area contributed by atoms with Crippen molar-refractivity contribution in [3.8, 4) is 5.75 Å². The second-order valence-corrected chi connectivity index (χ2v) is 5.99. The molecule has 0 radical (unpaired) electrons. The summed E-state index contributed by atoms with van der Waals surface area (Å²) in [4.78, 5) is 24.6. The van der Waals surface area contributed by atoms with Gasteiger partial charge in [-0.3, -0.25) is 9.59 Å². The third kappa shape index (κ3) is 3.74. The van der Waals surface area contributed by atoms with Gasteiger partial charge in [-0.2, -0.15) is 0 Å². The molecule has 0 aromatic heterocycles. The van der Waals surface area contributed by atoms with Crippen molar-refractivity contribution in [2.24, 2.45) is 0 Å². The first-order valence-corrected chi connectivity index (χ1v) is 7.94. The van der Waals surface area contributed by atoms with Crippen LogP contribution in [0.2, 0.25) is 0 Å². The highest BCUT2D eigenvalue weighted by Gasteiger charge is 2.24. The number of hydrogen-bond acceptors (Lipinski definition) is 3. The molecule has 2 amide bonds. The van der Waals surface area contributed by atoms with Crippen molar-refractivity contribution in [2.45, 2.75) is 25.8 Å². The fourth-order valence-electron chi connectivity index (χ4n) is 2.41. The van der Waals surface area contributed by atoms with Crippen LogP contribution >= 0.6 is 0 Å². The lowest BCUT2D eigenvalue weighted by Gasteiger charge is -2.11. The van der Waals surface area contributed by atoms with Gasteiger partial charge in [-0.25, -0.2) is 0 Å². The summed E-state index contributed by atoms with van der Waals surface area (Å²) in [5, 5.41) is 5.76. The van der Waals surface area contributed by atoms with E-state index in [0.29, 0.717) is 22.6 Å². The van der Waals surface area contributed by atoms with E-state index in [1.54, 1.807) is 31.4 Å². The van der Waals surface area contributed by atoms with Gasteiger partial charge >= 0.3 is 0 Å². The summed E-state index contributed by atoms with van der Waals surface area (Å²) < 4.78 is 5.27. The maximum atomic E-state index is 12.5. The number of carbonyl (C=O) groups excluding carboxylic acids is 2. The van der Waals surface area contributed by atoms with Crippen LogP contribution in [0.3, 0.4) is 0 Å². The summed E-state index contributed by atoms with van der Waals surface area (Å²) in [5.41, 5.74) is 2.55. The first kappa shape index (κ1) is 16.1. The molecule has 1 aliphatic carbocycles. The maximum Gasteiger partial charge on any atom is 0.255 e. The molecule has 0 heterocycles. The summed E-state index contributed by atoms with van der Waals surface area (Å²) in [6.45, 7) is 1.94. The van der Waals surface area contributed by atoms with Gasteiger partial charge in [-0.15, -0.1) is 0 Å². The molecule has 0 atom stereocenters. The van der Waals surface area contributed by atoms with E-state index >= 15 is 0 Å². The fraction of sp³-hybridized carbons (Fsp3) is 0.263. The van der Waals surface area contributed by atoms with E-state index in [1.807, 2.05) is 25.1 Å². The van der Waals surface area contributed by atoms with Gasteiger partial charge in [0.05, 0.1) is 12.8 Å². The van der Waals surface area contributed by atoms with Crippen molar-refractivity contribution in [2.75, 3.05) is 12.4 Å². The third-order valence-corrected chi connectivity index (χ3v) is 3.90. The summed E-state index contributed by atoms with van der Waals surface area (Å²) in [6.07, 6.45) is 2.05. The zero-order valence-electron chi connectivity index (χ0n) is 13.8. The smallest absolute Gasteiger partial charge is 0.255 e. The van der Waals surface area contributed by atoms with Crippen molar-refractivity contribution >= 4 is 17.5 Å². The number of ether oxygens (including phenoxy) is 1. The number of benzene rings is 2. The topological polar surface area (TPSA) is 67.4 Å². The van der Waals surface area contributed by atoms with E-state index in [9.17, 15) is 9.59 Å². The molecule has 0 spiro atoms. The summed E-state index contributed by atoms with van der Waals surface area (Å²) in [7, 11) is 1.56. The van der Waals surface area contributed by atoms with Crippen LogP contribution in [0.25, 0.3) is 0 Å². The number of nitrogens with one attached hydrogen (secondary N) is 2. The zero-order valence-corrected chi connectivity index (χ0v) is 13.8. The second kappa shape index (κ2) is 6.74. The van der Waals surface area contributed by atoms with Crippen molar-refractivity contribution in [3.63, 3.8) is 0 Å². The minimum atomic E-state index is -0.278. The molecular weight excluding hydrogens is 304 g/mol. The molecule has 1 aliphatic rings. The normalized spacial score (nSPS) is 13.2. The highest BCUT2D eigenvalue weighted by atomic mass is 16.5. The Balaban J connectivity index is 1.77. The van der Waals surface area contributed by atoms with Gasteiger partial charge in [0.1, 0.15) is 5.75 Å². The minimum Gasteiger partial charge on any atom is -0.495 e. The van der Waals surface area contributed by atoms with E-state index < -0.39 is 0 Å². The number of rotatable bonds is 5. The highest BCUT2D eigenvalue weighted by molar-refractivity contribution is 6.06. The third-order valence-electron chi connectivity index (χ3n) is 3.90. The Morgan fingerprint density at radius 3 is 2.42 bits per heavy atom. The van der Waals surface area contributed by atoms with E-state index in [2.05, 4.69) is 10.6 Å². The van der Waals surface area contributed by atoms with Gasteiger partial charge in [0, 0.05) is 17.2 Å². The predicted octanol–water partition coefficient (Wildman–Crippen LogP) is 3.15. The van der Waals surface area contributed by atoms with E-state index in [4.69, 9.17) is 4.74 Å². The van der Waals surface area contributed by atoms with Gasteiger partial charge in [0.25, 0.3) is 11.8 Å². The van der Waals surface area contributed by atoms with Gasteiger partial charge in [-0.05, 0) is 55.7 Å². The molecule has 0 bridgehead atoms. The Morgan fingerprint density at radius 2 is 1.75 bits per heavy atom. The first-order chi connectivity index (χ1) is 11.6. The summed E-state index contributed by atoms with van der Waals surface area (Å²) in [5.74, 6) is 0.178. The molecule has 1 saturated carbocycles. The van der Waals surface area contributed by atoms with Crippen molar-refractivity contribution in [3.05, 3.63) is 59.2 Å². The van der Waals surface area contributed by atoms with Crippen LogP contribution in [-0.2, 0) is 0 Å². The van der Waals surface area contributed by atoms with E-state index in [0.717, 1.165) is 18.4 Å². The number of amides is 2. The average Bonchev–Trinajstić information content (AvgIpc) is 3.39. The van der Waals surface area contributed by atoms with Crippen molar-refractivity contribution < 1.29 is 14.3 Å². The number of anilines is 1. The molecule has 2 aromatic rings. The Labute approximate surface area is 141 Å². The Kier molecular flexibility index (Phi) is 4.51. The Morgan fingerprint density at radius 1 is 1.04 bits per heavy atom. The second-order valence-electron chi connectivity index (χ2n) is 5.99. The molecular formula is C19H20N2O3. The SMILES string of the molecule is COc1ccc(C)cc1NC(=O)c1cccc(C(=O)NC2CC2)c1. The molecule has 2 aromatic carbocycles. The van der Waals surface area contributed by atoms with Crippen LogP contribution in [0.15, 0.2) is 42.5 Å². The lowest BCUT2D eigenvalue weighted by Crippen LogP contribution is -2.25. The van der Waals surface area contributed by atoms with Crippen LogP contribution in [0.5, 0.6) is 5.75 Å². The summed E-state index contributed by atoms with van der Waals surface area (Å²) in [6, 6.07) is 12.6. The van der Waals surface area contributed by atoms with E-state index in [1.165, 1.54) is 0 Å². The summed E-state index contributed by atoms with van der Waals surface area (Å²) >= 11 is 0. The van der Waals surface area contributed by atoms with E-state index in [-0.39, 0.29) is 17.9 Å². The van der Waals surface area contributed by atoms with Crippen molar-refractivity contribution in [1.82, 2.24) is 5.32 Å². The number of hydrogen-bond donors (Lipinski definition) is 2. The van der Waals surface area contributed by atoms with Gasteiger partial charge < -0.3 is 15.4 Å². The van der Waals surface area contributed by atoms with Crippen LogP contribution < -0.4 is 15.4 Å². The molecule has 5 heteroatoms. The Bertz CT molecular complexity index is 782. The molecule has 124 valence electrons.